The Hall–Kier alpha value is -2.29. The number of nitrogens with zero attached hydrogens (tertiary/aromatic N) is 2. The Kier molecular flexibility index (Phi) is 7.40. The van der Waals surface area contributed by atoms with E-state index in [0.29, 0.717) is 31.3 Å². The van der Waals surface area contributed by atoms with Crippen molar-refractivity contribution >= 4 is 34.6 Å². The highest BCUT2D eigenvalue weighted by molar-refractivity contribution is 14.1. The molecule has 7 heteroatoms. The Balaban J connectivity index is 1.50. The molecule has 1 aliphatic carbocycles. The van der Waals surface area contributed by atoms with E-state index in [1.807, 2.05) is 64.1 Å². The van der Waals surface area contributed by atoms with Crippen molar-refractivity contribution < 1.29 is 19.1 Å². The number of ether oxygens (including phenoxy) is 2. The average Bonchev–Trinajstić information content (AvgIpc) is 3.63. The summed E-state index contributed by atoms with van der Waals surface area (Å²) in [5.74, 6) is 1.22. The standard InChI is InChI=1S/C27H33IN2O4/c1-18-17-29(15-16-30(18)26(32)34-27(2,3)4)25(31)24(33-23-13-11-22(28)12-14-23)21-9-7-20(8-10-21)19-5-6-19/h7-14,18-19,24H,5-6,15-17H2,1-4H3/t18-,24+/m1/s1. The molecule has 1 aliphatic heterocycles. The fourth-order valence-electron chi connectivity index (χ4n) is 4.19. The van der Waals surface area contributed by atoms with Gasteiger partial charge in [-0.05, 0) is 98.9 Å². The highest BCUT2D eigenvalue weighted by atomic mass is 127. The van der Waals surface area contributed by atoms with Gasteiger partial charge < -0.3 is 19.3 Å². The molecule has 4 rings (SSSR count). The Morgan fingerprint density at radius 2 is 1.65 bits per heavy atom. The second-order valence-corrected chi connectivity index (χ2v) is 11.4. The first-order valence-corrected chi connectivity index (χ1v) is 13.0. The van der Waals surface area contributed by atoms with E-state index in [-0.39, 0.29) is 18.0 Å². The number of amides is 2. The molecule has 2 aromatic rings. The van der Waals surface area contributed by atoms with Crippen molar-refractivity contribution in [3.63, 3.8) is 0 Å². The predicted molar refractivity (Wildman–Crippen MR) is 140 cm³/mol. The molecular weight excluding hydrogens is 543 g/mol. The van der Waals surface area contributed by atoms with Crippen LogP contribution in [-0.4, -0.2) is 53.1 Å². The zero-order valence-electron chi connectivity index (χ0n) is 20.3. The minimum Gasteiger partial charge on any atom is -0.476 e. The Labute approximate surface area is 215 Å². The lowest BCUT2D eigenvalue weighted by Crippen LogP contribution is -2.57. The van der Waals surface area contributed by atoms with Gasteiger partial charge in [0.25, 0.3) is 5.91 Å². The number of halogens is 1. The van der Waals surface area contributed by atoms with Crippen LogP contribution in [0.25, 0.3) is 0 Å². The normalized spacial score (nSPS) is 19.5. The number of rotatable bonds is 5. The van der Waals surface area contributed by atoms with E-state index >= 15 is 0 Å². The van der Waals surface area contributed by atoms with Gasteiger partial charge in [-0.1, -0.05) is 24.3 Å². The maximum Gasteiger partial charge on any atom is 0.410 e. The monoisotopic (exact) mass is 576 g/mol. The first-order chi connectivity index (χ1) is 16.1. The van der Waals surface area contributed by atoms with E-state index < -0.39 is 11.7 Å². The Bertz CT molecular complexity index is 1010. The first-order valence-electron chi connectivity index (χ1n) is 11.9. The fraction of sp³-hybridized carbons (Fsp3) is 0.481. The molecule has 0 radical (unpaired) electrons. The van der Waals surface area contributed by atoms with Gasteiger partial charge in [0.05, 0.1) is 0 Å². The van der Waals surface area contributed by atoms with Gasteiger partial charge in [0.1, 0.15) is 11.4 Å². The molecular formula is C27H33IN2O4. The van der Waals surface area contributed by atoms with Gasteiger partial charge in [-0.25, -0.2) is 4.79 Å². The summed E-state index contributed by atoms with van der Waals surface area (Å²) in [5.41, 5.74) is 1.61. The largest absolute Gasteiger partial charge is 0.476 e. The molecule has 1 saturated heterocycles. The molecule has 182 valence electrons. The third kappa shape index (κ3) is 6.23. The summed E-state index contributed by atoms with van der Waals surface area (Å²) < 4.78 is 12.9. The van der Waals surface area contributed by atoms with Gasteiger partial charge in [0.15, 0.2) is 0 Å². The molecule has 2 aromatic carbocycles. The lowest BCUT2D eigenvalue weighted by Gasteiger charge is -2.41. The summed E-state index contributed by atoms with van der Waals surface area (Å²) >= 11 is 2.25. The zero-order chi connectivity index (χ0) is 24.5. The van der Waals surface area contributed by atoms with Crippen LogP contribution in [0.2, 0.25) is 0 Å². The van der Waals surface area contributed by atoms with Crippen molar-refractivity contribution in [1.82, 2.24) is 9.80 Å². The van der Waals surface area contributed by atoms with Crippen molar-refractivity contribution in [1.29, 1.82) is 0 Å². The molecule has 0 spiro atoms. The molecule has 34 heavy (non-hydrogen) atoms. The van der Waals surface area contributed by atoms with E-state index in [1.165, 1.54) is 18.4 Å². The maximum atomic E-state index is 13.7. The molecule has 2 fully saturated rings. The quantitative estimate of drug-likeness (QED) is 0.425. The van der Waals surface area contributed by atoms with Crippen LogP contribution in [-0.2, 0) is 9.53 Å². The van der Waals surface area contributed by atoms with Gasteiger partial charge in [-0.2, -0.15) is 0 Å². The Morgan fingerprint density at radius 1 is 1.00 bits per heavy atom. The highest BCUT2D eigenvalue weighted by Crippen LogP contribution is 2.40. The van der Waals surface area contributed by atoms with E-state index in [2.05, 4.69) is 34.7 Å². The topological polar surface area (TPSA) is 59.1 Å². The van der Waals surface area contributed by atoms with Crippen LogP contribution in [0.15, 0.2) is 48.5 Å². The van der Waals surface area contributed by atoms with Crippen LogP contribution < -0.4 is 4.74 Å². The number of benzene rings is 2. The SMILES string of the molecule is C[C@@H]1CN(C(=O)[C@@H](Oc2ccc(I)cc2)c2ccc(C3CC3)cc2)CCN1C(=O)OC(C)(C)C. The Morgan fingerprint density at radius 3 is 2.21 bits per heavy atom. The third-order valence-electron chi connectivity index (χ3n) is 6.15. The summed E-state index contributed by atoms with van der Waals surface area (Å²) in [4.78, 5) is 29.8. The third-order valence-corrected chi connectivity index (χ3v) is 6.87. The van der Waals surface area contributed by atoms with Crippen molar-refractivity contribution in [2.75, 3.05) is 19.6 Å². The molecule has 1 saturated carbocycles. The van der Waals surface area contributed by atoms with Crippen LogP contribution in [0.3, 0.4) is 0 Å². The molecule has 2 amide bonds. The number of carbonyl (C=O) groups excluding carboxylic acids is 2. The lowest BCUT2D eigenvalue weighted by molar-refractivity contribution is -0.142. The molecule has 1 heterocycles. The minimum atomic E-state index is -0.742. The number of hydrogen-bond donors (Lipinski definition) is 0. The van der Waals surface area contributed by atoms with Crippen molar-refractivity contribution in [3.05, 3.63) is 63.2 Å². The molecule has 6 nitrogen and oxygen atoms in total. The zero-order valence-corrected chi connectivity index (χ0v) is 22.4. The molecule has 0 unspecified atom stereocenters. The van der Waals surface area contributed by atoms with Gasteiger partial charge in [0.2, 0.25) is 6.10 Å². The second-order valence-electron chi connectivity index (χ2n) is 10.2. The van der Waals surface area contributed by atoms with Crippen LogP contribution in [0.5, 0.6) is 5.75 Å². The van der Waals surface area contributed by atoms with E-state index in [0.717, 1.165) is 9.13 Å². The number of hydrogen-bond acceptors (Lipinski definition) is 4. The average molecular weight is 576 g/mol. The molecule has 2 aliphatic rings. The van der Waals surface area contributed by atoms with Crippen LogP contribution >= 0.6 is 22.6 Å². The molecule has 0 N–H and O–H groups in total. The van der Waals surface area contributed by atoms with E-state index in [1.54, 1.807) is 9.80 Å². The van der Waals surface area contributed by atoms with Crippen molar-refractivity contribution in [2.45, 2.75) is 64.2 Å². The highest BCUT2D eigenvalue weighted by Gasteiger charge is 2.36. The lowest BCUT2D eigenvalue weighted by atomic mass is 10.0. The van der Waals surface area contributed by atoms with E-state index in [9.17, 15) is 9.59 Å². The summed E-state index contributed by atoms with van der Waals surface area (Å²) in [6.45, 7) is 8.82. The number of carbonyl (C=O) groups is 2. The minimum absolute atomic E-state index is 0.0894. The first kappa shape index (κ1) is 24.8. The predicted octanol–water partition coefficient (Wildman–Crippen LogP) is 5.76. The van der Waals surface area contributed by atoms with Crippen LogP contribution in [0.4, 0.5) is 4.79 Å². The summed E-state index contributed by atoms with van der Waals surface area (Å²) in [7, 11) is 0. The van der Waals surface area contributed by atoms with Gasteiger partial charge in [-0.3, -0.25) is 4.79 Å². The van der Waals surface area contributed by atoms with Crippen molar-refractivity contribution in [2.24, 2.45) is 0 Å². The molecule has 0 aromatic heterocycles. The van der Waals surface area contributed by atoms with Crippen LogP contribution in [0.1, 0.15) is 63.7 Å². The van der Waals surface area contributed by atoms with E-state index in [4.69, 9.17) is 9.47 Å². The summed E-state index contributed by atoms with van der Waals surface area (Å²) in [5, 5.41) is 0. The molecule has 0 bridgehead atoms. The van der Waals surface area contributed by atoms with Crippen LogP contribution in [0, 0.1) is 3.57 Å². The smallest absolute Gasteiger partial charge is 0.410 e. The fourth-order valence-corrected chi connectivity index (χ4v) is 4.54. The second kappa shape index (κ2) is 10.1. The van der Waals surface area contributed by atoms with Gasteiger partial charge in [-0.15, -0.1) is 0 Å². The summed E-state index contributed by atoms with van der Waals surface area (Å²) in [6.07, 6.45) is 1.39. The van der Waals surface area contributed by atoms with Gasteiger partial charge >= 0.3 is 6.09 Å². The van der Waals surface area contributed by atoms with Gasteiger partial charge in [0, 0.05) is 34.8 Å². The summed E-state index contributed by atoms with van der Waals surface area (Å²) in [6, 6.07) is 15.8. The number of piperazine rings is 1. The molecule has 2 atom stereocenters. The maximum absolute atomic E-state index is 13.7. The van der Waals surface area contributed by atoms with Crippen molar-refractivity contribution in [3.8, 4) is 5.75 Å².